The van der Waals surface area contributed by atoms with Crippen LogP contribution in [0.4, 0.5) is 15.9 Å². The van der Waals surface area contributed by atoms with E-state index in [1.165, 1.54) is 12.4 Å². The van der Waals surface area contributed by atoms with Crippen molar-refractivity contribution in [2.45, 2.75) is 19.4 Å². The number of hydrogen-bond donors (Lipinski definition) is 1. The van der Waals surface area contributed by atoms with Crippen molar-refractivity contribution in [3.63, 3.8) is 0 Å². The highest BCUT2D eigenvalue weighted by Crippen LogP contribution is 2.33. The van der Waals surface area contributed by atoms with E-state index >= 15 is 0 Å². The molecule has 5 rings (SSSR count). The van der Waals surface area contributed by atoms with E-state index in [2.05, 4.69) is 19.9 Å². The van der Waals surface area contributed by atoms with Crippen LogP contribution in [0.3, 0.4) is 0 Å². The van der Waals surface area contributed by atoms with Crippen LogP contribution in [0.5, 0.6) is 0 Å². The quantitative estimate of drug-likeness (QED) is 0.551. The average molecular weight is 416 g/mol. The summed E-state index contributed by atoms with van der Waals surface area (Å²) < 4.78 is 14.8. The van der Waals surface area contributed by atoms with Gasteiger partial charge in [0.25, 0.3) is 5.91 Å². The van der Waals surface area contributed by atoms with Crippen LogP contribution in [0.1, 0.15) is 21.5 Å². The first-order valence-electron chi connectivity index (χ1n) is 10.1. The number of para-hydroxylation sites is 1. The van der Waals surface area contributed by atoms with Gasteiger partial charge < -0.3 is 14.8 Å². The molecule has 1 N–H and O–H groups in total. The number of halogens is 1. The molecule has 1 unspecified atom stereocenters. The number of aromatic nitrogens is 4. The smallest absolute Gasteiger partial charge is 0.259 e. The molecule has 1 amide bonds. The molecule has 0 saturated carbocycles. The lowest BCUT2D eigenvalue weighted by Crippen LogP contribution is -2.51. The lowest BCUT2D eigenvalue weighted by Gasteiger charge is -2.39. The summed E-state index contributed by atoms with van der Waals surface area (Å²) in [6, 6.07) is 12.0. The third kappa shape index (κ3) is 3.20. The Morgan fingerprint density at radius 2 is 2.00 bits per heavy atom. The molecule has 0 fully saturated rings. The van der Waals surface area contributed by atoms with Crippen LogP contribution in [0.2, 0.25) is 0 Å². The molecule has 0 spiro atoms. The fourth-order valence-electron chi connectivity index (χ4n) is 4.38. The minimum Gasteiger partial charge on any atom is -0.356 e. The largest absolute Gasteiger partial charge is 0.356 e. The second kappa shape index (κ2) is 7.46. The van der Waals surface area contributed by atoms with E-state index in [-0.39, 0.29) is 17.6 Å². The number of amides is 1. The van der Waals surface area contributed by atoms with Crippen LogP contribution in [0.15, 0.2) is 55.1 Å². The summed E-state index contributed by atoms with van der Waals surface area (Å²) in [6.07, 6.45) is 3.65. The van der Waals surface area contributed by atoms with Crippen molar-refractivity contribution in [3.05, 3.63) is 77.6 Å². The Balaban J connectivity index is 1.57. The van der Waals surface area contributed by atoms with Gasteiger partial charge in [-0.25, -0.2) is 19.3 Å². The summed E-state index contributed by atoms with van der Waals surface area (Å²) in [4.78, 5) is 33.0. The lowest BCUT2D eigenvalue weighted by molar-refractivity contribution is 0.0966. The Bertz CT molecular complexity index is 1290. The maximum absolute atomic E-state index is 14.8. The predicted molar refractivity (Wildman–Crippen MR) is 117 cm³/mol. The van der Waals surface area contributed by atoms with Gasteiger partial charge in [0.2, 0.25) is 0 Å². The predicted octanol–water partition coefficient (Wildman–Crippen LogP) is 3.51. The third-order valence-corrected chi connectivity index (χ3v) is 5.77. The van der Waals surface area contributed by atoms with Crippen LogP contribution in [0.25, 0.3) is 11.2 Å². The Labute approximate surface area is 178 Å². The van der Waals surface area contributed by atoms with Crippen LogP contribution in [-0.4, -0.2) is 45.5 Å². The van der Waals surface area contributed by atoms with E-state index < -0.39 is 5.82 Å². The zero-order valence-corrected chi connectivity index (χ0v) is 17.2. The fourth-order valence-corrected chi connectivity index (χ4v) is 4.38. The second-order valence-corrected chi connectivity index (χ2v) is 7.77. The number of anilines is 2. The van der Waals surface area contributed by atoms with Crippen molar-refractivity contribution in [1.29, 1.82) is 0 Å². The van der Waals surface area contributed by atoms with E-state index in [1.807, 2.05) is 37.1 Å². The number of fused-ring (bicyclic) bond motifs is 2. The Kier molecular flexibility index (Phi) is 4.62. The number of carbonyl (C=O) groups excluding carboxylic acids is 1. The summed E-state index contributed by atoms with van der Waals surface area (Å²) in [7, 11) is 1.90. The molecule has 4 aromatic rings. The first-order chi connectivity index (χ1) is 15.0. The molecule has 31 heavy (non-hydrogen) atoms. The number of imidazole rings is 1. The standard InChI is InChI=1S/C23H21FN6O/c1-14-6-5-7-15-10-16(11-29(2)22-20-21(26-12-25-20)27-13-28-22)30(23(31)19(14)15)18-9-4-3-8-17(18)24/h3-9,12-13,16H,10-11H2,1-2H3,(H,25,26,27,28). The van der Waals surface area contributed by atoms with Gasteiger partial charge in [-0.2, -0.15) is 0 Å². The van der Waals surface area contributed by atoms with Gasteiger partial charge in [-0.1, -0.05) is 30.3 Å². The molecule has 0 bridgehead atoms. The highest BCUT2D eigenvalue weighted by atomic mass is 19.1. The number of likely N-dealkylation sites (N-methyl/N-ethyl adjacent to an activating group) is 1. The van der Waals surface area contributed by atoms with E-state index in [9.17, 15) is 9.18 Å². The van der Waals surface area contributed by atoms with Gasteiger partial charge in [0, 0.05) is 19.2 Å². The van der Waals surface area contributed by atoms with Gasteiger partial charge in [-0.15, -0.1) is 0 Å². The molecule has 2 aromatic heterocycles. The molecule has 2 aromatic carbocycles. The topological polar surface area (TPSA) is 78.0 Å². The van der Waals surface area contributed by atoms with E-state index in [4.69, 9.17) is 0 Å². The molecule has 1 aliphatic rings. The molecule has 3 heterocycles. The maximum Gasteiger partial charge on any atom is 0.259 e. The number of aromatic amines is 1. The van der Waals surface area contributed by atoms with E-state index in [0.717, 1.165) is 16.6 Å². The Morgan fingerprint density at radius 1 is 1.16 bits per heavy atom. The molecular formula is C23H21FN6O. The number of nitrogens with zero attached hydrogens (tertiary/aromatic N) is 5. The fraction of sp³-hybridized carbons (Fsp3) is 0.217. The minimum absolute atomic E-state index is 0.183. The van der Waals surface area contributed by atoms with Gasteiger partial charge in [0.05, 0.1) is 18.1 Å². The van der Waals surface area contributed by atoms with Crippen molar-refractivity contribution < 1.29 is 9.18 Å². The van der Waals surface area contributed by atoms with Gasteiger partial charge in [-0.05, 0) is 36.6 Å². The van der Waals surface area contributed by atoms with Crippen molar-refractivity contribution in [3.8, 4) is 0 Å². The number of aryl methyl sites for hydroxylation is 1. The van der Waals surface area contributed by atoms with Crippen molar-refractivity contribution in [1.82, 2.24) is 19.9 Å². The third-order valence-electron chi connectivity index (χ3n) is 5.77. The molecule has 8 heteroatoms. The van der Waals surface area contributed by atoms with Crippen molar-refractivity contribution >= 4 is 28.6 Å². The number of rotatable bonds is 4. The van der Waals surface area contributed by atoms with Gasteiger partial charge in [-0.3, -0.25) is 4.79 Å². The van der Waals surface area contributed by atoms with Gasteiger partial charge >= 0.3 is 0 Å². The molecule has 0 radical (unpaired) electrons. The molecule has 0 aliphatic carbocycles. The summed E-state index contributed by atoms with van der Waals surface area (Å²) in [5.74, 6) is 0.0780. The SMILES string of the molecule is Cc1cccc2c1C(=O)N(c1ccccc1F)C(CN(C)c1ncnc3nc[nH]c13)C2. The number of nitrogens with one attached hydrogen (secondary N) is 1. The molecule has 1 atom stereocenters. The van der Waals surface area contributed by atoms with Crippen molar-refractivity contribution in [2.24, 2.45) is 0 Å². The average Bonchev–Trinajstić information content (AvgIpc) is 3.24. The lowest BCUT2D eigenvalue weighted by atomic mass is 9.89. The monoisotopic (exact) mass is 416 g/mol. The minimum atomic E-state index is -0.418. The molecule has 0 saturated heterocycles. The number of benzene rings is 2. The Morgan fingerprint density at radius 3 is 2.84 bits per heavy atom. The number of carbonyl (C=O) groups is 1. The zero-order valence-electron chi connectivity index (χ0n) is 17.2. The van der Waals surface area contributed by atoms with Crippen LogP contribution in [-0.2, 0) is 6.42 Å². The zero-order chi connectivity index (χ0) is 21.5. The summed E-state index contributed by atoms with van der Waals surface area (Å²) in [5, 5.41) is 0. The van der Waals surface area contributed by atoms with Gasteiger partial charge in [0.1, 0.15) is 17.7 Å². The summed E-state index contributed by atoms with van der Waals surface area (Å²) >= 11 is 0. The number of hydrogen-bond acceptors (Lipinski definition) is 5. The van der Waals surface area contributed by atoms with Crippen LogP contribution in [0, 0.1) is 12.7 Å². The summed E-state index contributed by atoms with van der Waals surface area (Å²) in [5.41, 5.74) is 4.11. The first kappa shape index (κ1) is 19.2. The first-order valence-corrected chi connectivity index (χ1v) is 10.1. The molecular weight excluding hydrogens is 395 g/mol. The van der Waals surface area contributed by atoms with Crippen LogP contribution < -0.4 is 9.80 Å². The van der Waals surface area contributed by atoms with Crippen LogP contribution >= 0.6 is 0 Å². The second-order valence-electron chi connectivity index (χ2n) is 7.77. The summed E-state index contributed by atoms with van der Waals surface area (Å²) in [6.45, 7) is 2.37. The normalized spacial score (nSPS) is 15.9. The highest BCUT2D eigenvalue weighted by molar-refractivity contribution is 6.09. The molecule has 1 aliphatic heterocycles. The van der Waals surface area contributed by atoms with Gasteiger partial charge in [0.15, 0.2) is 11.5 Å². The maximum atomic E-state index is 14.8. The Hall–Kier alpha value is -3.81. The number of H-pyrrole nitrogens is 1. The van der Waals surface area contributed by atoms with E-state index in [0.29, 0.717) is 30.0 Å². The molecule has 7 nitrogen and oxygen atoms in total. The highest BCUT2D eigenvalue weighted by Gasteiger charge is 2.36. The van der Waals surface area contributed by atoms with E-state index in [1.54, 1.807) is 29.4 Å². The van der Waals surface area contributed by atoms with Crippen molar-refractivity contribution in [2.75, 3.05) is 23.4 Å². The molecule has 156 valence electrons.